The first-order valence-corrected chi connectivity index (χ1v) is 9.33. The van der Waals surface area contributed by atoms with E-state index in [0.29, 0.717) is 12.1 Å². The van der Waals surface area contributed by atoms with Crippen LogP contribution in [-0.4, -0.2) is 23.0 Å². The number of rotatable bonds is 4. The summed E-state index contributed by atoms with van der Waals surface area (Å²) in [7, 11) is 0. The molecule has 1 N–H and O–H groups in total. The van der Waals surface area contributed by atoms with Crippen molar-refractivity contribution in [3.8, 4) is 0 Å². The summed E-state index contributed by atoms with van der Waals surface area (Å²) in [6.45, 7) is 2.32. The molecule has 0 saturated heterocycles. The van der Waals surface area contributed by atoms with Crippen molar-refractivity contribution >= 4 is 16.9 Å². The Morgan fingerprint density at radius 3 is 2.90 bits per heavy atom. The average Bonchev–Trinajstić information content (AvgIpc) is 2.95. The topological polar surface area (TPSA) is 24.4 Å². The van der Waals surface area contributed by atoms with Gasteiger partial charge >= 0.3 is 0 Å². The van der Waals surface area contributed by atoms with Gasteiger partial charge in [0.25, 0.3) is 0 Å². The van der Waals surface area contributed by atoms with E-state index in [1.54, 1.807) is 0 Å². The summed E-state index contributed by atoms with van der Waals surface area (Å²) in [6, 6.07) is 11.8. The largest absolute Gasteiger partial charge is 0.362 e. The monoisotopic (exact) mass is 302 g/mol. The second kappa shape index (κ2) is 7.35. The highest BCUT2D eigenvalue weighted by Crippen LogP contribution is 2.28. The molecule has 1 fully saturated rings. The van der Waals surface area contributed by atoms with Crippen LogP contribution in [0.25, 0.3) is 0 Å². The molecule has 1 aliphatic heterocycles. The van der Waals surface area contributed by atoms with Crippen LogP contribution in [0.15, 0.2) is 35.3 Å². The molecule has 1 aliphatic carbocycles. The van der Waals surface area contributed by atoms with E-state index in [1.807, 2.05) is 11.8 Å². The molecule has 1 aromatic rings. The number of hydrogen-bond donors (Lipinski definition) is 1. The van der Waals surface area contributed by atoms with Crippen molar-refractivity contribution in [1.29, 1.82) is 0 Å². The summed E-state index contributed by atoms with van der Waals surface area (Å²) in [6.07, 6.45) is 7.85. The van der Waals surface area contributed by atoms with E-state index in [9.17, 15) is 0 Å². The lowest BCUT2D eigenvalue weighted by molar-refractivity contribution is 0.300. The van der Waals surface area contributed by atoms with Crippen LogP contribution >= 0.6 is 11.8 Å². The van der Waals surface area contributed by atoms with Crippen molar-refractivity contribution in [2.75, 3.05) is 5.75 Å². The minimum atomic E-state index is 0.450. The number of nitrogens with one attached hydrogen (secondary N) is 1. The molecule has 0 aromatic heterocycles. The highest BCUT2D eigenvalue weighted by molar-refractivity contribution is 8.14. The Kier molecular flexibility index (Phi) is 5.23. The minimum absolute atomic E-state index is 0.450. The molecule has 0 bridgehead atoms. The lowest BCUT2D eigenvalue weighted by Crippen LogP contribution is -2.36. The van der Waals surface area contributed by atoms with Crippen LogP contribution in [0.4, 0.5) is 0 Å². The van der Waals surface area contributed by atoms with Crippen molar-refractivity contribution < 1.29 is 0 Å². The number of hydrogen-bond acceptors (Lipinski definition) is 3. The fraction of sp³-hybridized carbons (Fsp3) is 0.611. The number of aliphatic imine (C=N–C) groups is 1. The fourth-order valence-corrected chi connectivity index (χ4v) is 4.47. The maximum absolute atomic E-state index is 4.90. The SMILES string of the molecule is CCC1CCCC(NC2=NC(Cc3ccccc3)CS2)C1. The maximum atomic E-state index is 4.90. The third-order valence-electron chi connectivity index (χ3n) is 4.71. The van der Waals surface area contributed by atoms with Crippen LogP contribution < -0.4 is 5.32 Å². The molecule has 1 saturated carbocycles. The molecule has 3 unspecified atom stereocenters. The summed E-state index contributed by atoms with van der Waals surface area (Å²) in [4.78, 5) is 4.90. The molecule has 0 radical (unpaired) electrons. The van der Waals surface area contributed by atoms with Gasteiger partial charge in [-0.05, 0) is 30.7 Å². The predicted octanol–water partition coefficient (Wildman–Crippen LogP) is 4.26. The van der Waals surface area contributed by atoms with Crippen LogP contribution in [0.5, 0.6) is 0 Å². The van der Waals surface area contributed by atoms with Crippen molar-refractivity contribution in [1.82, 2.24) is 5.32 Å². The summed E-state index contributed by atoms with van der Waals surface area (Å²) in [5.74, 6) is 2.05. The molecular formula is C18H26N2S. The first kappa shape index (κ1) is 15.0. The van der Waals surface area contributed by atoms with Gasteiger partial charge in [-0.3, -0.25) is 4.99 Å². The van der Waals surface area contributed by atoms with E-state index in [2.05, 4.69) is 42.6 Å². The van der Waals surface area contributed by atoms with Crippen molar-refractivity contribution in [2.45, 2.75) is 57.5 Å². The van der Waals surface area contributed by atoms with E-state index in [4.69, 9.17) is 4.99 Å². The van der Waals surface area contributed by atoms with E-state index >= 15 is 0 Å². The zero-order valence-corrected chi connectivity index (χ0v) is 13.7. The van der Waals surface area contributed by atoms with Crippen LogP contribution in [0, 0.1) is 5.92 Å². The van der Waals surface area contributed by atoms with Crippen molar-refractivity contribution in [2.24, 2.45) is 10.9 Å². The van der Waals surface area contributed by atoms with Crippen LogP contribution in [0.1, 0.15) is 44.6 Å². The third-order valence-corrected chi connectivity index (χ3v) is 5.76. The number of benzene rings is 1. The molecule has 3 heteroatoms. The number of nitrogens with zero attached hydrogens (tertiary/aromatic N) is 1. The fourth-order valence-electron chi connectivity index (χ4n) is 3.45. The third kappa shape index (κ3) is 4.26. The van der Waals surface area contributed by atoms with Gasteiger partial charge in [0.15, 0.2) is 5.17 Å². The van der Waals surface area contributed by atoms with Gasteiger partial charge in [-0.2, -0.15) is 0 Å². The molecule has 2 nitrogen and oxygen atoms in total. The molecule has 2 aliphatic rings. The van der Waals surface area contributed by atoms with Crippen LogP contribution in [-0.2, 0) is 6.42 Å². The van der Waals surface area contributed by atoms with Gasteiger partial charge < -0.3 is 5.32 Å². The van der Waals surface area contributed by atoms with E-state index in [1.165, 1.54) is 42.8 Å². The molecule has 3 rings (SSSR count). The van der Waals surface area contributed by atoms with Gasteiger partial charge in [-0.25, -0.2) is 0 Å². The van der Waals surface area contributed by atoms with Crippen LogP contribution in [0.3, 0.4) is 0 Å². The molecule has 1 aromatic carbocycles. The van der Waals surface area contributed by atoms with Crippen LogP contribution in [0.2, 0.25) is 0 Å². The first-order valence-electron chi connectivity index (χ1n) is 8.34. The zero-order chi connectivity index (χ0) is 14.5. The van der Waals surface area contributed by atoms with Gasteiger partial charge in [0.1, 0.15) is 0 Å². The smallest absolute Gasteiger partial charge is 0.157 e. The Morgan fingerprint density at radius 2 is 2.10 bits per heavy atom. The molecule has 0 spiro atoms. The van der Waals surface area contributed by atoms with Gasteiger partial charge in [0, 0.05) is 11.8 Å². The Labute approximate surface area is 132 Å². The molecule has 0 amide bonds. The van der Waals surface area contributed by atoms with Gasteiger partial charge in [0.2, 0.25) is 0 Å². The zero-order valence-electron chi connectivity index (χ0n) is 12.9. The molecule has 3 atom stereocenters. The lowest BCUT2D eigenvalue weighted by Gasteiger charge is -2.29. The Hall–Kier alpha value is -0.960. The summed E-state index contributed by atoms with van der Waals surface area (Å²) in [5, 5.41) is 4.90. The van der Waals surface area contributed by atoms with Crippen molar-refractivity contribution in [3.05, 3.63) is 35.9 Å². The Bertz CT molecular complexity index is 471. The standard InChI is InChI=1S/C18H26N2S/c1-2-14-9-6-10-16(11-14)19-18-20-17(13-21-18)12-15-7-4-3-5-8-15/h3-5,7-8,14,16-17H,2,6,9-13H2,1H3,(H,19,20). The lowest BCUT2D eigenvalue weighted by atomic mass is 9.84. The molecule has 1 heterocycles. The second-order valence-corrected chi connectivity index (χ2v) is 7.38. The molecular weight excluding hydrogens is 276 g/mol. The molecule has 114 valence electrons. The highest BCUT2D eigenvalue weighted by Gasteiger charge is 2.24. The quantitative estimate of drug-likeness (QED) is 0.898. The summed E-state index contributed by atoms with van der Waals surface area (Å²) in [5.41, 5.74) is 1.40. The maximum Gasteiger partial charge on any atom is 0.157 e. The van der Waals surface area contributed by atoms with E-state index < -0.39 is 0 Å². The summed E-state index contributed by atoms with van der Waals surface area (Å²) < 4.78 is 0. The Morgan fingerprint density at radius 1 is 1.24 bits per heavy atom. The van der Waals surface area contributed by atoms with E-state index in [-0.39, 0.29) is 0 Å². The van der Waals surface area contributed by atoms with Gasteiger partial charge in [-0.15, -0.1) is 0 Å². The Balaban J connectivity index is 1.51. The normalized spacial score (nSPS) is 29.2. The molecule has 21 heavy (non-hydrogen) atoms. The second-order valence-electron chi connectivity index (χ2n) is 6.37. The number of amidine groups is 1. The minimum Gasteiger partial charge on any atom is -0.362 e. The first-order chi connectivity index (χ1) is 10.3. The summed E-state index contributed by atoms with van der Waals surface area (Å²) >= 11 is 1.91. The van der Waals surface area contributed by atoms with Crippen molar-refractivity contribution in [3.63, 3.8) is 0 Å². The average molecular weight is 302 g/mol. The van der Waals surface area contributed by atoms with Gasteiger partial charge in [-0.1, -0.05) is 68.3 Å². The number of thioether (sulfide) groups is 1. The van der Waals surface area contributed by atoms with Gasteiger partial charge in [0.05, 0.1) is 6.04 Å². The van der Waals surface area contributed by atoms with E-state index in [0.717, 1.165) is 18.1 Å². The predicted molar refractivity (Wildman–Crippen MR) is 93.0 cm³/mol. The highest BCUT2D eigenvalue weighted by atomic mass is 32.2.